The quantitative estimate of drug-likeness (QED) is 0.890. The van der Waals surface area contributed by atoms with Gasteiger partial charge in [-0.25, -0.2) is 0 Å². The number of hydrogen-bond donors (Lipinski definition) is 2. The third-order valence-corrected chi connectivity index (χ3v) is 4.43. The van der Waals surface area contributed by atoms with Crippen molar-refractivity contribution < 1.29 is 4.79 Å². The summed E-state index contributed by atoms with van der Waals surface area (Å²) in [4.78, 5) is 12.0. The lowest BCUT2D eigenvalue weighted by atomic mass is 10.1. The topological polar surface area (TPSA) is 41.1 Å². The maximum Gasteiger partial charge on any atom is 0.252 e. The maximum atomic E-state index is 12.0. The van der Waals surface area contributed by atoms with E-state index in [0.717, 1.165) is 17.4 Å². The molecule has 2 rings (SSSR count). The van der Waals surface area contributed by atoms with Gasteiger partial charge in [0, 0.05) is 17.1 Å². The van der Waals surface area contributed by atoms with E-state index >= 15 is 0 Å². The molecule has 1 aromatic carbocycles. The van der Waals surface area contributed by atoms with Crippen LogP contribution in [0.2, 0.25) is 5.02 Å². The van der Waals surface area contributed by atoms with Gasteiger partial charge in [0.2, 0.25) is 0 Å². The summed E-state index contributed by atoms with van der Waals surface area (Å²) in [5.74, 6) is -0.112. The fourth-order valence-corrected chi connectivity index (χ4v) is 2.72. The highest BCUT2D eigenvalue weighted by atomic mass is 79.9. The van der Waals surface area contributed by atoms with Crippen LogP contribution >= 0.6 is 27.5 Å². The summed E-state index contributed by atoms with van der Waals surface area (Å²) in [6, 6.07) is 5.91. The number of amides is 1. The van der Waals surface area contributed by atoms with Crippen molar-refractivity contribution in [3.8, 4) is 0 Å². The second-order valence-electron chi connectivity index (χ2n) is 4.44. The summed E-state index contributed by atoms with van der Waals surface area (Å²) in [6.45, 7) is 1.77. The first-order valence-corrected chi connectivity index (χ1v) is 7.31. The number of benzene rings is 1. The maximum absolute atomic E-state index is 12.0. The molecule has 2 N–H and O–H groups in total. The predicted octanol–water partition coefficient (Wildman–Crippen LogP) is 2.97. The van der Waals surface area contributed by atoms with Crippen LogP contribution in [0.3, 0.4) is 0 Å². The van der Waals surface area contributed by atoms with Crippen LogP contribution < -0.4 is 10.6 Å². The lowest BCUT2D eigenvalue weighted by Gasteiger charge is -2.11. The Hall–Kier alpha value is -0.580. The number of rotatable bonds is 4. The van der Waals surface area contributed by atoms with E-state index in [1.807, 2.05) is 12.1 Å². The summed E-state index contributed by atoms with van der Waals surface area (Å²) in [5.41, 5.74) is 0.519. The van der Waals surface area contributed by atoms with Gasteiger partial charge in [0.25, 0.3) is 5.91 Å². The number of hydrogen-bond acceptors (Lipinski definition) is 2. The Morgan fingerprint density at radius 2 is 2.39 bits per heavy atom. The van der Waals surface area contributed by atoms with E-state index in [9.17, 15) is 4.79 Å². The Balaban J connectivity index is 1.85. The Labute approximate surface area is 120 Å². The minimum Gasteiger partial charge on any atom is -0.352 e. The molecule has 1 heterocycles. The second kappa shape index (κ2) is 6.55. The molecule has 1 aromatic rings. The fraction of sp³-hybridized carbons (Fsp3) is 0.462. The molecular weight excluding hydrogens is 316 g/mol. The van der Waals surface area contributed by atoms with Gasteiger partial charge in [0.05, 0.1) is 10.6 Å². The Bertz CT molecular complexity index is 433. The molecule has 1 aliphatic rings. The van der Waals surface area contributed by atoms with E-state index in [4.69, 9.17) is 11.6 Å². The average molecular weight is 332 g/mol. The summed E-state index contributed by atoms with van der Waals surface area (Å²) < 4.78 is 0.745. The zero-order chi connectivity index (χ0) is 13.0. The molecule has 1 atom stereocenters. The lowest BCUT2D eigenvalue weighted by molar-refractivity contribution is 0.0952. The molecule has 1 saturated heterocycles. The van der Waals surface area contributed by atoms with Gasteiger partial charge in [-0.15, -0.1) is 0 Å². The highest BCUT2D eigenvalue weighted by Crippen LogP contribution is 2.25. The molecule has 1 amide bonds. The molecule has 1 aliphatic heterocycles. The molecule has 0 aliphatic carbocycles. The van der Waals surface area contributed by atoms with E-state index in [0.29, 0.717) is 23.2 Å². The molecule has 0 bridgehead atoms. The van der Waals surface area contributed by atoms with Crippen LogP contribution in [0.25, 0.3) is 0 Å². The first kappa shape index (κ1) is 13.8. The highest BCUT2D eigenvalue weighted by Gasteiger charge is 2.15. The van der Waals surface area contributed by atoms with E-state index in [2.05, 4.69) is 26.6 Å². The van der Waals surface area contributed by atoms with E-state index in [1.165, 1.54) is 12.8 Å². The number of nitrogens with one attached hydrogen (secondary N) is 2. The van der Waals surface area contributed by atoms with Crippen molar-refractivity contribution in [3.63, 3.8) is 0 Å². The van der Waals surface area contributed by atoms with Crippen molar-refractivity contribution in [2.24, 2.45) is 0 Å². The van der Waals surface area contributed by atoms with Crippen molar-refractivity contribution in [2.75, 3.05) is 13.1 Å². The van der Waals surface area contributed by atoms with Crippen molar-refractivity contribution >= 4 is 33.4 Å². The smallest absolute Gasteiger partial charge is 0.252 e. The standard InChI is InChI=1S/C13H16BrClN2O/c14-11-5-1-4-10(12(11)15)13(18)17-8-6-9-3-2-7-16-9/h1,4-5,9,16H,2-3,6-8H2,(H,17,18)/t9-/m1/s1. The average Bonchev–Trinajstić information content (AvgIpc) is 2.85. The minimum absolute atomic E-state index is 0.112. The van der Waals surface area contributed by atoms with Crippen LogP contribution in [-0.2, 0) is 0 Å². The van der Waals surface area contributed by atoms with Gasteiger partial charge in [0.15, 0.2) is 0 Å². The molecular formula is C13H16BrClN2O. The molecule has 3 nitrogen and oxygen atoms in total. The van der Waals surface area contributed by atoms with Gasteiger partial charge in [-0.1, -0.05) is 17.7 Å². The zero-order valence-corrected chi connectivity index (χ0v) is 12.4. The van der Waals surface area contributed by atoms with E-state index in [-0.39, 0.29) is 5.91 Å². The van der Waals surface area contributed by atoms with Gasteiger partial charge in [0.1, 0.15) is 0 Å². The van der Waals surface area contributed by atoms with Gasteiger partial charge in [-0.3, -0.25) is 4.79 Å². The van der Waals surface area contributed by atoms with Crippen LogP contribution in [0.1, 0.15) is 29.6 Å². The normalized spacial score (nSPS) is 18.9. The predicted molar refractivity (Wildman–Crippen MR) is 77.1 cm³/mol. The molecule has 0 radical (unpaired) electrons. The Morgan fingerprint density at radius 3 is 3.11 bits per heavy atom. The van der Waals surface area contributed by atoms with Crippen molar-refractivity contribution in [2.45, 2.75) is 25.3 Å². The monoisotopic (exact) mass is 330 g/mol. The summed E-state index contributed by atoms with van der Waals surface area (Å²) in [5, 5.41) is 6.78. The summed E-state index contributed by atoms with van der Waals surface area (Å²) in [7, 11) is 0. The van der Waals surface area contributed by atoms with Crippen molar-refractivity contribution in [1.82, 2.24) is 10.6 Å². The first-order chi connectivity index (χ1) is 8.68. The van der Waals surface area contributed by atoms with Gasteiger partial charge >= 0.3 is 0 Å². The summed E-state index contributed by atoms with van der Waals surface area (Å²) in [6.07, 6.45) is 3.40. The van der Waals surface area contributed by atoms with E-state index in [1.54, 1.807) is 6.07 Å². The van der Waals surface area contributed by atoms with Crippen LogP contribution in [0.15, 0.2) is 22.7 Å². The number of carbonyl (C=O) groups excluding carboxylic acids is 1. The minimum atomic E-state index is -0.112. The molecule has 0 saturated carbocycles. The largest absolute Gasteiger partial charge is 0.352 e. The van der Waals surface area contributed by atoms with Crippen LogP contribution in [-0.4, -0.2) is 25.0 Å². The lowest BCUT2D eigenvalue weighted by Crippen LogP contribution is -2.30. The van der Waals surface area contributed by atoms with Crippen molar-refractivity contribution in [3.05, 3.63) is 33.3 Å². The van der Waals surface area contributed by atoms with Crippen LogP contribution in [0, 0.1) is 0 Å². The fourth-order valence-electron chi connectivity index (χ4n) is 2.14. The third-order valence-electron chi connectivity index (χ3n) is 3.14. The Kier molecular flexibility index (Phi) is 5.03. The number of halogens is 2. The second-order valence-corrected chi connectivity index (χ2v) is 5.67. The van der Waals surface area contributed by atoms with E-state index < -0.39 is 0 Å². The molecule has 0 spiro atoms. The first-order valence-electron chi connectivity index (χ1n) is 6.14. The highest BCUT2D eigenvalue weighted by molar-refractivity contribution is 9.10. The molecule has 98 valence electrons. The summed E-state index contributed by atoms with van der Waals surface area (Å²) >= 11 is 9.39. The number of carbonyl (C=O) groups is 1. The van der Waals surface area contributed by atoms with Gasteiger partial charge in [-0.2, -0.15) is 0 Å². The molecule has 0 aromatic heterocycles. The Morgan fingerprint density at radius 1 is 1.56 bits per heavy atom. The molecule has 0 unspecified atom stereocenters. The third kappa shape index (κ3) is 3.46. The van der Waals surface area contributed by atoms with Crippen LogP contribution in [0.4, 0.5) is 0 Å². The molecule has 5 heteroatoms. The molecule has 18 heavy (non-hydrogen) atoms. The molecule has 1 fully saturated rings. The van der Waals surface area contributed by atoms with Crippen LogP contribution in [0.5, 0.6) is 0 Å². The van der Waals surface area contributed by atoms with Gasteiger partial charge in [-0.05, 0) is 53.9 Å². The SMILES string of the molecule is O=C(NCC[C@H]1CCCN1)c1cccc(Br)c1Cl. The van der Waals surface area contributed by atoms with Crippen molar-refractivity contribution in [1.29, 1.82) is 0 Å². The zero-order valence-electron chi connectivity index (χ0n) is 10.0. The van der Waals surface area contributed by atoms with Gasteiger partial charge < -0.3 is 10.6 Å².